The van der Waals surface area contributed by atoms with Crippen molar-refractivity contribution in [2.24, 2.45) is 11.8 Å². The average molecular weight is 225 g/mol. The largest absolute Gasteiger partial charge is 0.368 e. The second-order valence-corrected chi connectivity index (χ2v) is 5.10. The molecule has 1 aliphatic heterocycles. The molecule has 0 bridgehead atoms. The van der Waals surface area contributed by atoms with Crippen molar-refractivity contribution in [3.05, 3.63) is 0 Å². The second-order valence-electron chi connectivity index (χ2n) is 5.10. The molecule has 3 heteroatoms. The van der Waals surface area contributed by atoms with Crippen molar-refractivity contribution in [2.75, 3.05) is 19.7 Å². The molecular weight excluding hydrogens is 202 g/mol. The van der Waals surface area contributed by atoms with Crippen molar-refractivity contribution < 1.29 is 9.53 Å². The first-order valence-corrected chi connectivity index (χ1v) is 6.67. The number of morpholine rings is 1. The highest BCUT2D eigenvalue weighted by Crippen LogP contribution is 2.32. The number of hydrogen-bond donors (Lipinski definition) is 1. The lowest BCUT2D eigenvalue weighted by Gasteiger charge is -2.31. The summed E-state index contributed by atoms with van der Waals surface area (Å²) in [5.41, 5.74) is 0. The predicted molar refractivity (Wildman–Crippen MR) is 63.4 cm³/mol. The van der Waals surface area contributed by atoms with Crippen LogP contribution in [0.25, 0.3) is 0 Å². The van der Waals surface area contributed by atoms with Crippen LogP contribution in [0.15, 0.2) is 0 Å². The van der Waals surface area contributed by atoms with E-state index in [0.29, 0.717) is 18.9 Å². The summed E-state index contributed by atoms with van der Waals surface area (Å²) in [6.07, 6.45) is 5.74. The molecular formula is C13H23NO2. The minimum atomic E-state index is -0.172. The van der Waals surface area contributed by atoms with Crippen molar-refractivity contribution in [1.82, 2.24) is 5.32 Å². The molecule has 0 aromatic rings. The fourth-order valence-electron chi connectivity index (χ4n) is 2.93. The zero-order valence-electron chi connectivity index (χ0n) is 10.2. The molecule has 0 spiro atoms. The van der Waals surface area contributed by atoms with E-state index in [4.69, 9.17) is 4.74 Å². The molecule has 1 aliphatic carbocycles. The summed E-state index contributed by atoms with van der Waals surface area (Å²) in [6.45, 7) is 4.51. The number of Topliss-reactive ketones (excluding diaryl/α,β-unsaturated/α-hetero) is 1. The summed E-state index contributed by atoms with van der Waals surface area (Å²) in [6, 6.07) is 0. The smallest absolute Gasteiger partial charge is 0.165 e. The zero-order chi connectivity index (χ0) is 11.4. The molecule has 1 saturated carbocycles. The van der Waals surface area contributed by atoms with Crippen LogP contribution < -0.4 is 5.32 Å². The number of nitrogens with one attached hydrogen (secondary N) is 1. The highest BCUT2D eigenvalue weighted by atomic mass is 16.5. The first-order valence-electron chi connectivity index (χ1n) is 6.67. The Bertz CT molecular complexity index is 236. The first-order chi connectivity index (χ1) is 7.81. The summed E-state index contributed by atoms with van der Waals surface area (Å²) in [4.78, 5) is 12.2. The van der Waals surface area contributed by atoms with Gasteiger partial charge in [0.25, 0.3) is 0 Å². The maximum Gasteiger partial charge on any atom is 0.165 e. The Morgan fingerprint density at radius 1 is 1.44 bits per heavy atom. The maximum atomic E-state index is 12.2. The normalized spacial score (nSPS) is 35.9. The minimum Gasteiger partial charge on any atom is -0.368 e. The quantitative estimate of drug-likeness (QED) is 0.795. The fraction of sp³-hybridized carbons (Fsp3) is 0.923. The van der Waals surface area contributed by atoms with Crippen LogP contribution in [-0.2, 0) is 9.53 Å². The standard InChI is InChI=1S/C13H23NO2/c1-2-10-4-3-5-11(8-10)13(15)12-9-14-6-7-16-12/h10-12,14H,2-9H2,1H3. The van der Waals surface area contributed by atoms with Crippen molar-refractivity contribution in [3.63, 3.8) is 0 Å². The van der Waals surface area contributed by atoms with Crippen LogP contribution in [0, 0.1) is 11.8 Å². The summed E-state index contributed by atoms with van der Waals surface area (Å²) in [5, 5.41) is 3.23. The molecule has 3 atom stereocenters. The number of carbonyl (C=O) groups excluding carboxylic acids is 1. The number of hydrogen-bond acceptors (Lipinski definition) is 3. The van der Waals surface area contributed by atoms with Gasteiger partial charge in [0, 0.05) is 19.0 Å². The summed E-state index contributed by atoms with van der Waals surface area (Å²) < 4.78 is 5.55. The second kappa shape index (κ2) is 5.78. The Labute approximate surface area is 97.9 Å². The molecule has 2 fully saturated rings. The lowest BCUT2D eigenvalue weighted by atomic mass is 9.77. The Morgan fingerprint density at radius 2 is 2.31 bits per heavy atom. The van der Waals surface area contributed by atoms with E-state index in [9.17, 15) is 4.79 Å². The van der Waals surface area contributed by atoms with Crippen LogP contribution in [0.5, 0.6) is 0 Å². The molecule has 0 amide bonds. The van der Waals surface area contributed by atoms with E-state index >= 15 is 0 Å². The molecule has 16 heavy (non-hydrogen) atoms. The van der Waals surface area contributed by atoms with Crippen molar-refractivity contribution >= 4 is 5.78 Å². The fourth-order valence-corrected chi connectivity index (χ4v) is 2.93. The van der Waals surface area contributed by atoms with Gasteiger partial charge in [-0.15, -0.1) is 0 Å². The Kier molecular flexibility index (Phi) is 4.36. The van der Waals surface area contributed by atoms with Crippen LogP contribution in [0.3, 0.4) is 0 Å². The van der Waals surface area contributed by atoms with Gasteiger partial charge >= 0.3 is 0 Å². The minimum absolute atomic E-state index is 0.172. The Balaban J connectivity index is 1.87. The van der Waals surface area contributed by atoms with Crippen LogP contribution in [0.1, 0.15) is 39.0 Å². The number of ether oxygens (including phenoxy) is 1. The monoisotopic (exact) mass is 225 g/mol. The molecule has 1 saturated heterocycles. The first kappa shape index (κ1) is 12.1. The van der Waals surface area contributed by atoms with Gasteiger partial charge in [0.1, 0.15) is 6.10 Å². The van der Waals surface area contributed by atoms with E-state index in [1.54, 1.807) is 0 Å². The van der Waals surface area contributed by atoms with Gasteiger partial charge in [0.2, 0.25) is 0 Å². The molecule has 92 valence electrons. The SMILES string of the molecule is CCC1CCCC(C(=O)C2CNCCO2)C1. The van der Waals surface area contributed by atoms with Gasteiger partial charge in [0.05, 0.1) is 6.61 Å². The van der Waals surface area contributed by atoms with Gasteiger partial charge < -0.3 is 10.1 Å². The molecule has 0 aromatic carbocycles. The van der Waals surface area contributed by atoms with E-state index in [-0.39, 0.29) is 12.0 Å². The van der Waals surface area contributed by atoms with Gasteiger partial charge in [-0.2, -0.15) is 0 Å². The number of ketones is 1. The summed E-state index contributed by atoms with van der Waals surface area (Å²) in [7, 11) is 0. The van der Waals surface area contributed by atoms with E-state index in [1.165, 1.54) is 19.3 Å². The highest BCUT2D eigenvalue weighted by Gasteiger charge is 2.32. The lowest BCUT2D eigenvalue weighted by molar-refractivity contribution is -0.137. The molecule has 3 nitrogen and oxygen atoms in total. The lowest BCUT2D eigenvalue weighted by Crippen LogP contribution is -2.45. The van der Waals surface area contributed by atoms with Crippen LogP contribution >= 0.6 is 0 Å². The van der Waals surface area contributed by atoms with Gasteiger partial charge in [0.15, 0.2) is 5.78 Å². The summed E-state index contributed by atoms with van der Waals surface area (Å²) >= 11 is 0. The molecule has 2 aliphatic rings. The van der Waals surface area contributed by atoms with E-state index in [1.807, 2.05) is 0 Å². The van der Waals surface area contributed by atoms with Crippen molar-refractivity contribution in [3.8, 4) is 0 Å². The van der Waals surface area contributed by atoms with E-state index in [0.717, 1.165) is 25.3 Å². The number of rotatable bonds is 3. The molecule has 2 rings (SSSR count). The topological polar surface area (TPSA) is 38.3 Å². The molecule has 0 aromatic heterocycles. The van der Waals surface area contributed by atoms with Crippen LogP contribution in [0.4, 0.5) is 0 Å². The molecule has 3 unspecified atom stereocenters. The third-order valence-electron chi connectivity index (χ3n) is 4.01. The van der Waals surface area contributed by atoms with Crippen LogP contribution in [0.2, 0.25) is 0 Å². The molecule has 1 heterocycles. The average Bonchev–Trinajstić information content (AvgIpc) is 2.39. The molecule has 1 N–H and O–H groups in total. The summed E-state index contributed by atoms with van der Waals surface area (Å²) in [5.74, 6) is 1.38. The third kappa shape index (κ3) is 2.83. The molecule has 0 radical (unpaired) electrons. The van der Waals surface area contributed by atoms with Crippen LogP contribution in [-0.4, -0.2) is 31.6 Å². The van der Waals surface area contributed by atoms with Crippen molar-refractivity contribution in [1.29, 1.82) is 0 Å². The van der Waals surface area contributed by atoms with Gasteiger partial charge in [-0.05, 0) is 18.8 Å². The predicted octanol–water partition coefficient (Wildman–Crippen LogP) is 1.76. The van der Waals surface area contributed by atoms with Gasteiger partial charge in [-0.3, -0.25) is 4.79 Å². The Morgan fingerprint density at radius 3 is 3.00 bits per heavy atom. The van der Waals surface area contributed by atoms with E-state index in [2.05, 4.69) is 12.2 Å². The third-order valence-corrected chi connectivity index (χ3v) is 4.01. The highest BCUT2D eigenvalue weighted by molar-refractivity contribution is 5.85. The van der Waals surface area contributed by atoms with Gasteiger partial charge in [-0.25, -0.2) is 0 Å². The Hall–Kier alpha value is -0.410. The van der Waals surface area contributed by atoms with Crippen molar-refractivity contribution in [2.45, 2.75) is 45.1 Å². The van der Waals surface area contributed by atoms with Gasteiger partial charge in [-0.1, -0.05) is 26.2 Å². The zero-order valence-corrected chi connectivity index (χ0v) is 10.2. The van der Waals surface area contributed by atoms with E-state index < -0.39 is 0 Å². The maximum absolute atomic E-state index is 12.2. The number of carbonyl (C=O) groups is 1.